The minimum Gasteiger partial charge on any atom is -0.324 e. The van der Waals surface area contributed by atoms with Crippen LogP contribution in [0.4, 0.5) is 0 Å². The predicted octanol–water partition coefficient (Wildman–Crippen LogP) is 5.94. The van der Waals surface area contributed by atoms with Crippen LogP contribution in [-0.4, -0.2) is 12.1 Å². The van der Waals surface area contributed by atoms with Crippen LogP contribution < -0.4 is 10.6 Å². The van der Waals surface area contributed by atoms with E-state index in [1.165, 1.54) is 0 Å². The molecular formula is C27H32N3O2P. The monoisotopic (exact) mass is 461 g/mol. The van der Waals surface area contributed by atoms with Gasteiger partial charge in [-0.3, -0.25) is 9.88 Å². The molecule has 33 heavy (non-hydrogen) atoms. The van der Waals surface area contributed by atoms with Gasteiger partial charge in [0, 0.05) is 11.2 Å². The Hall–Kier alpha value is -2.69. The fraction of sp³-hybridized carbons (Fsp3) is 0.407. The molecule has 0 amide bonds. The SMILES string of the molecule is C=C(C)[C@@H]1C[C@@H](C#N)[C@@H](C)[C@](C#N)(N[C@H](c2ccccc2)P(=O)(OCC)c2ccccc2)C1. The molecule has 1 aliphatic rings. The lowest BCUT2D eigenvalue weighted by Gasteiger charge is -2.46. The van der Waals surface area contributed by atoms with Gasteiger partial charge in [0.05, 0.1) is 24.7 Å². The van der Waals surface area contributed by atoms with Gasteiger partial charge in [-0.15, -0.1) is 0 Å². The summed E-state index contributed by atoms with van der Waals surface area (Å²) in [5.74, 6) is -1.30. The summed E-state index contributed by atoms with van der Waals surface area (Å²) in [6, 6.07) is 23.6. The molecule has 0 bridgehead atoms. The molecule has 6 heteroatoms. The largest absolute Gasteiger partial charge is 0.324 e. The summed E-state index contributed by atoms with van der Waals surface area (Å²) < 4.78 is 20.7. The number of rotatable bonds is 8. The zero-order chi connectivity index (χ0) is 24.1. The molecule has 172 valence electrons. The first kappa shape index (κ1) is 24.9. The van der Waals surface area contributed by atoms with Crippen molar-refractivity contribution in [3.8, 4) is 12.1 Å². The van der Waals surface area contributed by atoms with E-state index < -0.39 is 18.7 Å². The van der Waals surface area contributed by atoms with Gasteiger partial charge in [0.15, 0.2) is 0 Å². The maximum absolute atomic E-state index is 14.6. The second kappa shape index (κ2) is 10.5. The Balaban J connectivity index is 2.17. The van der Waals surface area contributed by atoms with Gasteiger partial charge in [0.2, 0.25) is 0 Å². The molecule has 2 aromatic rings. The van der Waals surface area contributed by atoms with Crippen LogP contribution in [-0.2, 0) is 9.09 Å². The molecule has 5 nitrogen and oxygen atoms in total. The maximum Gasteiger partial charge on any atom is 0.252 e. The zero-order valence-corrected chi connectivity index (χ0v) is 20.5. The van der Waals surface area contributed by atoms with Gasteiger partial charge in [-0.1, -0.05) is 67.6 Å². The number of hydrogen-bond acceptors (Lipinski definition) is 5. The van der Waals surface area contributed by atoms with E-state index in [4.69, 9.17) is 4.52 Å². The molecule has 0 aromatic heterocycles. The highest BCUT2D eigenvalue weighted by molar-refractivity contribution is 7.67. The van der Waals surface area contributed by atoms with Gasteiger partial charge in [-0.2, -0.15) is 10.5 Å². The summed E-state index contributed by atoms with van der Waals surface area (Å²) in [6.45, 7) is 10.1. The van der Waals surface area contributed by atoms with Crippen LogP contribution in [0.5, 0.6) is 0 Å². The lowest BCUT2D eigenvalue weighted by Crippen LogP contribution is -2.57. The van der Waals surface area contributed by atoms with Crippen molar-refractivity contribution in [2.45, 2.75) is 44.9 Å². The van der Waals surface area contributed by atoms with Gasteiger partial charge in [-0.05, 0) is 50.3 Å². The number of nitrogens with zero attached hydrogens (tertiary/aromatic N) is 2. The van der Waals surface area contributed by atoms with Crippen LogP contribution in [0.15, 0.2) is 72.8 Å². The summed E-state index contributed by atoms with van der Waals surface area (Å²) in [5, 5.41) is 24.5. The van der Waals surface area contributed by atoms with Crippen molar-refractivity contribution in [3.05, 3.63) is 78.4 Å². The first-order valence-corrected chi connectivity index (χ1v) is 13.1. The molecular weight excluding hydrogens is 429 g/mol. The third-order valence-electron chi connectivity index (χ3n) is 6.84. The molecule has 1 N–H and O–H groups in total. The van der Waals surface area contributed by atoms with Gasteiger partial charge in [0.1, 0.15) is 11.3 Å². The fourth-order valence-corrected chi connectivity index (χ4v) is 7.32. The van der Waals surface area contributed by atoms with Crippen molar-refractivity contribution < 1.29 is 9.09 Å². The van der Waals surface area contributed by atoms with Gasteiger partial charge >= 0.3 is 0 Å². The molecule has 1 unspecified atom stereocenters. The molecule has 2 aromatic carbocycles. The molecule has 0 saturated heterocycles. The average molecular weight is 462 g/mol. The highest BCUT2D eigenvalue weighted by Gasteiger charge is 2.51. The van der Waals surface area contributed by atoms with Crippen molar-refractivity contribution in [2.75, 3.05) is 6.61 Å². The third kappa shape index (κ3) is 4.97. The first-order valence-electron chi connectivity index (χ1n) is 11.4. The molecule has 0 spiro atoms. The Morgan fingerprint density at radius 1 is 1.21 bits per heavy atom. The summed E-state index contributed by atoms with van der Waals surface area (Å²) in [5.41, 5.74) is 0.673. The standard InChI is InChI=1S/C27H32N3O2P/c1-5-32-33(31,25-14-10-7-11-15-25)26(22-12-8-6-9-13-22)30-27(19-29)17-23(20(2)3)16-24(18-28)21(27)4/h6-15,21,23-24,26,30H,2,5,16-17H2,1,3-4H3/t21-,23-,24+,26+,27+,33?/m1/s1. The van der Waals surface area contributed by atoms with E-state index in [2.05, 4.69) is 24.0 Å². The van der Waals surface area contributed by atoms with Crippen LogP contribution in [0, 0.1) is 40.4 Å². The minimum atomic E-state index is -3.49. The smallest absolute Gasteiger partial charge is 0.252 e. The molecule has 6 atom stereocenters. The molecule has 3 rings (SSSR count). The summed E-state index contributed by atoms with van der Waals surface area (Å²) in [4.78, 5) is 0. The number of hydrogen-bond donors (Lipinski definition) is 1. The zero-order valence-electron chi connectivity index (χ0n) is 19.6. The van der Waals surface area contributed by atoms with Crippen LogP contribution >= 0.6 is 7.37 Å². The lowest BCUT2D eigenvalue weighted by atomic mass is 9.63. The van der Waals surface area contributed by atoms with Crippen molar-refractivity contribution >= 4 is 12.7 Å². The second-order valence-corrected chi connectivity index (χ2v) is 11.4. The molecule has 1 aliphatic carbocycles. The van der Waals surface area contributed by atoms with Crippen molar-refractivity contribution in [2.24, 2.45) is 17.8 Å². The van der Waals surface area contributed by atoms with Crippen LogP contribution in [0.2, 0.25) is 0 Å². The summed E-state index contributed by atoms with van der Waals surface area (Å²) in [6.07, 6.45) is 1.18. The predicted molar refractivity (Wildman–Crippen MR) is 132 cm³/mol. The Labute approximate surface area is 197 Å². The fourth-order valence-electron chi connectivity index (χ4n) is 4.79. The van der Waals surface area contributed by atoms with Crippen molar-refractivity contribution in [1.29, 1.82) is 10.5 Å². The molecule has 0 heterocycles. The quantitative estimate of drug-likeness (QED) is 0.388. The van der Waals surface area contributed by atoms with E-state index in [9.17, 15) is 15.1 Å². The summed E-state index contributed by atoms with van der Waals surface area (Å²) in [7, 11) is -3.49. The van der Waals surface area contributed by atoms with E-state index in [1.807, 2.05) is 81.4 Å². The number of nitriles is 2. The van der Waals surface area contributed by atoms with Crippen LogP contribution in [0.1, 0.15) is 45.0 Å². The maximum atomic E-state index is 14.6. The van der Waals surface area contributed by atoms with Gasteiger partial charge in [0.25, 0.3) is 7.37 Å². The molecule has 0 aliphatic heterocycles. The van der Waals surface area contributed by atoms with E-state index in [0.29, 0.717) is 18.1 Å². The highest BCUT2D eigenvalue weighted by Crippen LogP contribution is 2.59. The van der Waals surface area contributed by atoms with Crippen molar-refractivity contribution in [1.82, 2.24) is 5.32 Å². The van der Waals surface area contributed by atoms with E-state index in [0.717, 1.165) is 11.1 Å². The third-order valence-corrected chi connectivity index (χ3v) is 9.60. The molecule has 1 fully saturated rings. The molecule has 0 radical (unpaired) electrons. The van der Waals surface area contributed by atoms with Gasteiger partial charge < -0.3 is 4.52 Å². The number of benzene rings is 2. The lowest BCUT2D eigenvalue weighted by molar-refractivity contribution is 0.133. The number of nitrogens with one attached hydrogen (secondary N) is 1. The Morgan fingerprint density at radius 2 is 1.82 bits per heavy atom. The summed E-state index contributed by atoms with van der Waals surface area (Å²) >= 11 is 0. The average Bonchev–Trinajstić information content (AvgIpc) is 2.84. The number of allylic oxidation sites excluding steroid dienone is 1. The Morgan fingerprint density at radius 3 is 2.33 bits per heavy atom. The van der Waals surface area contributed by atoms with Crippen LogP contribution in [0.3, 0.4) is 0 Å². The topological polar surface area (TPSA) is 85.9 Å². The van der Waals surface area contributed by atoms with Crippen LogP contribution in [0.25, 0.3) is 0 Å². The minimum absolute atomic E-state index is 0.0256. The van der Waals surface area contributed by atoms with E-state index in [-0.39, 0.29) is 24.4 Å². The first-order chi connectivity index (χ1) is 15.8. The Kier molecular flexibility index (Phi) is 7.93. The van der Waals surface area contributed by atoms with Gasteiger partial charge in [-0.25, -0.2) is 0 Å². The Bertz CT molecular complexity index is 1090. The molecule has 1 saturated carbocycles. The normalized spacial score (nSPS) is 27.5. The van der Waals surface area contributed by atoms with E-state index in [1.54, 1.807) is 0 Å². The van der Waals surface area contributed by atoms with Crippen molar-refractivity contribution in [3.63, 3.8) is 0 Å². The highest BCUT2D eigenvalue weighted by atomic mass is 31.2. The second-order valence-electron chi connectivity index (χ2n) is 8.90. The van der Waals surface area contributed by atoms with E-state index >= 15 is 0 Å².